The van der Waals surface area contributed by atoms with E-state index in [1.165, 1.54) is 0 Å². The van der Waals surface area contributed by atoms with Crippen LogP contribution >= 0.6 is 0 Å². The first-order valence-corrected chi connectivity index (χ1v) is 8.26. The molecule has 0 aliphatic rings. The van der Waals surface area contributed by atoms with Gasteiger partial charge in [-0.05, 0) is 30.5 Å². The summed E-state index contributed by atoms with van der Waals surface area (Å²) in [4.78, 5) is 0. The van der Waals surface area contributed by atoms with Crippen molar-refractivity contribution in [2.45, 2.75) is 38.0 Å². The molecule has 0 radical (unpaired) electrons. The second-order valence-electron chi connectivity index (χ2n) is 4.86. The predicted octanol–water partition coefficient (Wildman–Crippen LogP) is 1.50. The number of nitrogens with two attached hydrogens (primary N) is 1. The maximum Gasteiger partial charge on any atom is 0.216 e. The number of sulfonamides is 1. The third-order valence-electron chi connectivity index (χ3n) is 3.56. The van der Waals surface area contributed by atoms with Crippen LogP contribution in [0.1, 0.15) is 37.8 Å². The van der Waals surface area contributed by atoms with Crippen LogP contribution in [0.15, 0.2) is 24.3 Å². The molecule has 0 fully saturated rings. The Balaban J connectivity index is 2.86. The summed E-state index contributed by atoms with van der Waals surface area (Å²) in [7, 11) is -3.46. The van der Waals surface area contributed by atoms with Crippen LogP contribution in [-0.2, 0) is 15.8 Å². The Morgan fingerprint density at radius 2 is 1.80 bits per heavy atom. The van der Waals surface area contributed by atoms with Gasteiger partial charge in [0.15, 0.2) is 0 Å². The Kier molecular flexibility index (Phi) is 5.69. The first-order chi connectivity index (χ1) is 9.40. The van der Waals surface area contributed by atoms with Crippen molar-refractivity contribution in [2.24, 2.45) is 5.73 Å². The van der Waals surface area contributed by atoms with Crippen LogP contribution in [-0.4, -0.2) is 20.5 Å². The molecule has 0 atom stereocenters. The fourth-order valence-corrected chi connectivity index (χ4v) is 3.72. The second-order valence-corrected chi connectivity index (χ2v) is 6.58. The summed E-state index contributed by atoms with van der Waals surface area (Å²) >= 11 is 0. The van der Waals surface area contributed by atoms with Crippen molar-refractivity contribution in [2.75, 3.05) is 6.54 Å². The van der Waals surface area contributed by atoms with Gasteiger partial charge in [0, 0.05) is 12.1 Å². The monoisotopic (exact) mass is 295 g/mol. The number of nitrogens with one attached hydrogen (secondary N) is 1. The van der Waals surface area contributed by atoms with Crippen molar-refractivity contribution in [1.29, 1.82) is 5.26 Å². The van der Waals surface area contributed by atoms with Crippen molar-refractivity contribution < 1.29 is 8.42 Å². The molecule has 6 heteroatoms. The Morgan fingerprint density at radius 3 is 2.20 bits per heavy atom. The first kappa shape index (κ1) is 16.6. The SMILES string of the molecule is CCC(CC)(CN)NS(=O)(=O)Cc1ccc(C#N)cc1. The lowest BCUT2D eigenvalue weighted by atomic mass is 9.95. The third kappa shape index (κ3) is 4.30. The molecule has 1 aromatic carbocycles. The number of nitriles is 1. The maximum atomic E-state index is 12.2. The number of benzene rings is 1. The summed E-state index contributed by atoms with van der Waals surface area (Å²) in [6.07, 6.45) is 1.29. The average molecular weight is 295 g/mol. The van der Waals surface area contributed by atoms with Gasteiger partial charge in [-0.2, -0.15) is 5.26 Å². The van der Waals surface area contributed by atoms with Crippen molar-refractivity contribution in [3.05, 3.63) is 35.4 Å². The molecule has 0 unspecified atom stereocenters. The van der Waals surface area contributed by atoms with E-state index < -0.39 is 15.6 Å². The molecule has 1 aromatic rings. The Labute approximate surface area is 120 Å². The van der Waals surface area contributed by atoms with Gasteiger partial charge in [0.2, 0.25) is 10.0 Å². The van der Waals surface area contributed by atoms with Crippen LogP contribution < -0.4 is 10.5 Å². The standard InChI is InChI=1S/C14H21N3O2S/c1-3-14(4-2,11-16)17-20(18,19)10-13-7-5-12(9-15)6-8-13/h5-8,17H,3-4,10-11,16H2,1-2H3. The normalized spacial score (nSPS) is 12.1. The highest BCUT2D eigenvalue weighted by Crippen LogP contribution is 2.16. The summed E-state index contributed by atoms with van der Waals surface area (Å²) < 4.78 is 27.1. The van der Waals surface area contributed by atoms with Gasteiger partial charge in [-0.15, -0.1) is 0 Å². The second kappa shape index (κ2) is 6.84. The van der Waals surface area contributed by atoms with E-state index in [2.05, 4.69) is 4.72 Å². The van der Waals surface area contributed by atoms with E-state index in [9.17, 15) is 8.42 Å². The highest BCUT2D eigenvalue weighted by atomic mass is 32.2. The number of hydrogen-bond acceptors (Lipinski definition) is 4. The van der Waals surface area contributed by atoms with Gasteiger partial charge in [-0.25, -0.2) is 13.1 Å². The van der Waals surface area contributed by atoms with Crippen LogP contribution in [0.3, 0.4) is 0 Å². The summed E-state index contributed by atoms with van der Waals surface area (Å²) in [5.74, 6) is -0.111. The molecule has 0 aromatic heterocycles. The van der Waals surface area contributed by atoms with E-state index in [1.54, 1.807) is 24.3 Å². The van der Waals surface area contributed by atoms with E-state index in [0.29, 0.717) is 24.0 Å². The quantitative estimate of drug-likeness (QED) is 0.796. The summed E-state index contributed by atoms with van der Waals surface area (Å²) in [5.41, 5.74) is 6.29. The summed E-state index contributed by atoms with van der Waals surface area (Å²) in [6.45, 7) is 4.10. The van der Waals surface area contributed by atoms with Gasteiger partial charge < -0.3 is 5.73 Å². The molecule has 0 amide bonds. The lowest BCUT2D eigenvalue weighted by molar-refractivity contribution is 0.363. The van der Waals surface area contributed by atoms with Crippen molar-refractivity contribution >= 4 is 10.0 Å². The van der Waals surface area contributed by atoms with Gasteiger partial charge in [-0.1, -0.05) is 26.0 Å². The number of nitrogens with zero attached hydrogens (tertiary/aromatic N) is 1. The minimum atomic E-state index is -3.46. The molecule has 0 saturated heterocycles. The molecular weight excluding hydrogens is 274 g/mol. The topological polar surface area (TPSA) is 96.0 Å². The third-order valence-corrected chi connectivity index (χ3v) is 5.01. The zero-order valence-electron chi connectivity index (χ0n) is 11.9. The van der Waals surface area contributed by atoms with E-state index >= 15 is 0 Å². The molecule has 0 aliphatic heterocycles. The van der Waals surface area contributed by atoms with Gasteiger partial charge in [0.1, 0.15) is 0 Å². The zero-order valence-corrected chi connectivity index (χ0v) is 12.7. The minimum Gasteiger partial charge on any atom is -0.329 e. The lowest BCUT2D eigenvalue weighted by Gasteiger charge is -2.31. The molecule has 5 nitrogen and oxygen atoms in total. The molecule has 0 bridgehead atoms. The van der Waals surface area contributed by atoms with Gasteiger partial charge in [0.05, 0.1) is 17.4 Å². The number of hydrogen-bond donors (Lipinski definition) is 2. The average Bonchev–Trinajstić information content (AvgIpc) is 2.45. The largest absolute Gasteiger partial charge is 0.329 e. The van der Waals surface area contributed by atoms with Crippen LogP contribution in [0.25, 0.3) is 0 Å². The minimum absolute atomic E-state index is 0.111. The Hall–Kier alpha value is -1.42. The summed E-state index contributed by atoms with van der Waals surface area (Å²) in [5, 5.41) is 8.72. The molecule has 1 rings (SSSR count). The van der Waals surface area contributed by atoms with Gasteiger partial charge >= 0.3 is 0 Å². The molecule has 0 spiro atoms. The van der Waals surface area contributed by atoms with Crippen LogP contribution in [0.2, 0.25) is 0 Å². The van der Waals surface area contributed by atoms with Crippen molar-refractivity contribution in [3.63, 3.8) is 0 Å². The fraction of sp³-hybridized carbons (Fsp3) is 0.500. The van der Waals surface area contributed by atoms with Crippen LogP contribution in [0.4, 0.5) is 0 Å². The molecular formula is C14H21N3O2S. The lowest BCUT2D eigenvalue weighted by Crippen LogP contribution is -2.53. The smallest absolute Gasteiger partial charge is 0.216 e. The molecule has 20 heavy (non-hydrogen) atoms. The van der Waals surface area contributed by atoms with E-state index in [4.69, 9.17) is 11.0 Å². The molecule has 0 aliphatic carbocycles. The van der Waals surface area contributed by atoms with Crippen molar-refractivity contribution in [3.8, 4) is 6.07 Å². The highest BCUT2D eigenvalue weighted by molar-refractivity contribution is 7.88. The Morgan fingerprint density at radius 1 is 1.25 bits per heavy atom. The van der Waals surface area contributed by atoms with E-state index in [-0.39, 0.29) is 12.3 Å². The number of rotatable bonds is 7. The summed E-state index contributed by atoms with van der Waals surface area (Å²) in [6, 6.07) is 8.53. The molecule has 3 N–H and O–H groups in total. The molecule has 110 valence electrons. The van der Waals surface area contributed by atoms with Gasteiger partial charge in [0.25, 0.3) is 0 Å². The molecule has 0 heterocycles. The predicted molar refractivity (Wildman–Crippen MR) is 79.3 cm³/mol. The molecule has 0 saturated carbocycles. The van der Waals surface area contributed by atoms with Gasteiger partial charge in [-0.3, -0.25) is 0 Å². The van der Waals surface area contributed by atoms with Crippen LogP contribution in [0, 0.1) is 11.3 Å². The first-order valence-electron chi connectivity index (χ1n) is 6.61. The van der Waals surface area contributed by atoms with Crippen LogP contribution in [0.5, 0.6) is 0 Å². The van der Waals surface area contributed by atoms with E-state index in [1.807, 2.05) is 19.9 Å². The van der Waals surface area contributed by atoms with Crippen molar-refractivity contribution in [1.82, 2.24) is 4.72 Å². The maximum absolute atomic E-state index is 12.2. The highest BCUT2D eigenvalue weighted by Gasteiger charge is 2.29. The Bertz CT molecular complexity index is 561. The fourth-order valence-electron chi connectivity index (χ4n) is 1.99. The zero-order chi connectivity index (χ0) is 15.2. The van der Waals surface area contributed by atoms with E-state index in [0.717, 1.165) is 0 Å².